The van der Waals surface area contributed by atoms with Crippen LogP contribution in [0.2, 0.25) is 0 Å². The maximum absolute atomic E-state index is 11.4. The molecular formula is C15H15N3O. The third-order valence-corrected chi connectivity index (χ3v) is 3.41. The first kappa shape index (κ1) is 11.8. The van der Waals surface area contributed by atoms with Gasteiger partial charge < -0.3 is 5.32 Å². The van der Waals surface area contributed by atoms with E-state index in [1.54, 1.807) is 0 Å². The third kappa shape index (κ3) is 2.21. The third-order valence-electron chi connectivity index (χ3n) is 3.41. The Kier molecular flexibility index (Phi) is 2.99. The van der Waals surface area contributed by atoms with Crippen molar-refractivity contribution in [2.45, 2.75) is 26.2 Å². The lowest BCUT2D eigenvalue weighted by molar-refractivity contribution is -0.116. The predicted octanol–water partition coefficient (Wildman–Crippen LogP) is 2.59. The van der Waals surface area contributed by atoms with E-state index < -0.39 is 0 Å². The molecule has 3 rings (SSSR count). The van der Waals surface area contributed by atoms with Crippen LogP contribution in [-0.2, 0) is 17.6 Å². The molecule has 0 unspecified atom stereocenters. The summed E-state index contributed by atoms with van der Waals surface area (Å²) in [6.45, 7) is 2.13. The first-order valence-electron chi connectivity index (χ1n) is 6.51. The molecule has 1 aromatic carbocycles. The second kappa shape index (κ2) is 4.80. The molecule has 19 heavy (non-hydrogen) atoms. The van der Waals surface area contributed by atoms with Crippen LogP contribution in [0.25, 0.3) is 11.3 Å². The number of anilines is 1. The molecule has 0 saturated heterocycles. The Hall–Kier alpha value is -2.23. The zero-order valence-corrected chi connectivity index (χ0v) is 10.8. The zero-order chi connectivity index (χ0) is 13.2. The van der Waals surface area contributed by atoms with Crippen LogP contribution in [-0.4, -0.2) is 15.9 Å². The lowest BCUT2D eigenvalue weighted by atomic mass is 9.98. The molecule has 1 aliphatic heterocycles. The number of nitrogens with one attached hydrogen (secondary N) is 1. The van der Waals surface area contributed by atoms with E-state index in [1.165, 1.54) is 11.9 Å². The highest BCUT2D eigenvalue weighted by molar-refractivity contribution is 5.94. The van der Waals surface area contributed by atoms with Gasteiger partial charge in [0.05, 0.1) is 5.69 Å². The van der Waals surface area contributed by atoms with E-state index >= 15 is 0 Å². The molecule has 4 nitrogen and oxygen atoms in total. The highest BCUT2D eigenvalue weighted by Gasteiger charge is 2.20. The Morgan fingerprint density at radius 2 is 2.16 bits per heavy atom. The number of rotatable bonds is 2. The molecule has 4 heteroatoms. The van der Waals surface area contributed by atoms with E-state index in [2.05, 4.69) is 40.4 Å². The normalized spacial score (nSPS) is 13.8. The number of aromatic nitrogens is 2. The van der Waals surface area contributed by atoms with Crippen LogP contribution in [0.1, 0.15) is 24.5 Å². The molecule has 1 aliphatic rings. The van der Waals surface area contributed by atoms with Gasteiger partial charge in [-0.05, 0) is 24.5 Å². The summed E-state index contributed by atoms with van der Waals surface area (Å²) in [6, 6.07) is 8.36. The molecule has 0 radical (unpaired) electrons. The lowest BCUT2D eigenvalue weighted by Gasteiger charge is -2.18. The second-order valence-electron chi connectivity index (χ2n) is 4.65. The van der Waals surface area contributed by atoms with E-state index in [0.717, 1.165) is 23.2 Å². The van der Waals surface area contributed by atoms with Crippen molar-refractivity contribution in [3.05, 3.63) is 41.7 Å². The van der Waals surface area contributed by atoms with Crippen molar-refractivity contribution in [3.63, 3.8) is 0 Å². The minimum Gasteiger partial charge on any atom is -0.310 e. The van der Waals surface area contributed by atoms with E-state index in [9.17, 15) is 4.79 Å². The van der Waals surface area contributed by atoms with Crippen molar-refractivity contribution in [2.24, 2.45) is 0 Å². The number of carbonyl (C=O) groups excluding carboxylic acids is 1. The minimum absolute atomic E-state index is 0.0273. The van der Waals surface area contributed by atoms with Gasteiger partial charge in [0.15, 0.2) is 0 Å². The van der Waals surface area contributed by atoms with Gasteiger partial charge in [-0.15, -0.1) is 0 Å². The summed E-state index contributed by atoms with van der Waals surface area (Å²) in [5, 5.41) is 2.81. The van der Waals surface area contributed by atoms with Gasteiger partial charge in [-0.25, -0.2) is 9.97 Å². The van der Waals surface area contributed by atoms with Crippen molar-refractivity contribution < 1.29 is 4.79 Å². The zero-order valence-electron chi connectivity index (χ0n) is 10.8. The Bertz CT molecular complexity index is 637. The summed E-state index contributed by atoms with van der Waals surface area (Å²) in [6.07, 6.45) is 3.71. The molecule has 96 valence electrons. The van der Waals surface area contributed by atoms with E-state index in [4.69, 9.17) is 0 Å². The number of hydrogen-bond donors (Lipinski definition) is 1. The fraction of sp³-hybridized carbons (Fsp3) is 0.267. The number of benzene rings is 1. The highest BCUT2D eigenvalue weighted by atomic mass is 16.1. The average Bonchev–Trinajstić information content (AvgIpc) is 2.46. The molecule has 0 fully saturated rings. The average molecular weight is 253 g/mol. The molecule has 0 saturated carbocycles. The summed E-state index contributed by atoms with van der Waals surface area (Å²) >= 11 is 0. The van der Waals surface area contributed by atoms with Gasteiger partial charge >= 0.3 is 0 Å². The van der Waals surface area contributed by atoms with Gasteiger partial charge in [0.1, 0.15) is 12.1 Å². The summed E-state index contributed by atoms with van der Waals surface area (Å²) in [5.74, 6) is 0.683. The second-order valence-corrected chi connectivity index (χ2v) is 4.65. The van der Waals surface area contributed by atoms with Crippen LogP contribution in [0.5, 0.6) is 0 Å². The highest BCUT2D eigenvalue weighted by Crippen LogP contribution is 2.29. The van der Waals surface area contributed by atoms with E-state index in [-0.39, 0.29) is 5.91 Å². The standard InChI is InChI=1S/C15H15N3O/c1-2-10-4-3-5-11(8-10)14-12-6-7-13(19)18-15(12)17-9-16-14/h3-5,8-9H,2,6-7H2,1H3,(H,16,17,18,19). The van der Waals surface area contributed by atoms with Gasteiger partial charge in [-0.2, -0.15) is 0 Å². The van der Waals surface area contributed by atoms with E-state index in [0.29, 0.717) is 18.7 Å². The van der Waals surface area contributed by atoms with E-state index in [1.807, 2.05) is 6.07 Å². The minimum atomic E-state index is 0.0273. The largest absolute Gasteiger partial charge is 0.310 e. The van der Waals surface area contributed by atoms with Crippen molar-refractivity contribution in [1.82, 2.24) is 9.97 Å². The fourth-order valence-corrected chi connectivity index (χ4v) is 2.38. The van der Waals surface area contributed by atoms with Crippen LogP contribution in [0.3, 0.4) is 0 Å². The quantitative estimate of drug-likeness (QED) is 0.895. The first-order valence-corrected chi connectivity index (χ1v) is 6.51. The molecular weight excluding hydrogens is 238 g/mol. The summed E-state index contributed by atoms with van der Waals surface area (Å²) in [7, 11) is 0. The van der Waals surface area contributed by atoms with Crippen LogP contribution < -0.4 is 5.32 Å². The van der Waals surface area contributed by atoms with Crippen molar-refractivity contribution in [2.75, 3.05) is 5.32 Å². The molecule has 0 atom stereocenters. The van der Waals surface area contributed by atoms with Crippen LogP contribution >= 0.6 is 0 Å². The summed E-state index contributed by atoms with van der Waals surface area (Å²) in [5.41, 5.74) is 4.34. The molecule has 0 bridgehead atoms. The smallest absolute Gasteiger partial charge is 0.225 e. The van der Waals surface area contributed by atoms with Crippen molar-refractivity contribution in [3.8, 4) is 11.3 Å². The Morgan fingerprint density at radius 1 is 1.26 bits per heavy atom. The topological polar surface area (TPSA) is 54.9 Å². The Morgan fingerprint density at radius 3 is 3.00 bits per heavy atom. The molecule has 0 aliphatic carbocycles. The van der Waals surface area contributed by atoms with Gasteiger partial charge in [0, 0.05) is 17.5 Å². The van der Waals surface area contributed by atoms with Gasteiger partial charge in [0.2, 0.25) is 5.91 Å². The molecule has 1 aromatic heterocycles. The number of fused-ring (bicyclic) bond motifs is 1. The molecule has 0 spiro atoms. The first-order chi connectivity index (χ1) is 9.28. The number of aryl methyl sites for hydroxylation is 1. The predicted molar refractivity (Wildman–Crippen MR) is 73.8 cm³/mol. The maximum Gasteiger partial charge on any atom is 0.225 e. The summed E-state index contributed by atoms with van der Waals surface area (Å²) in [4.78, 5) is 20.0. The molecule has 1 N–H and O–H groups in total. The fourth-order valence-electron chi connectivity index (χ4n) is 2.38. The SMILES string of the molecule is CCc1cccc(-c2ncnc3c2CCC(=O)N3)c1. The van der Waals surface area contributed by atoms with Crippen LogP contribution in [0, 0.1) is 0 Å². The maximum atomic E-state index is 11.4. The van der Waals surface area contributed by atoms with Crippen molar-refractivity contribution in [1.29, 1.82) is 0 Å². The van der Waals surface area contributed by atoms with Gasteiger partial charge in [0.25, 0.3) is 0 Å². The number of hydrogen-bond acceptors (Lipinski definition) is 3. The Labute approximate surface area is 111 Å². The van der Waals surface area contributed by atoms with Crippen LogP contribution in [0.4, 0.5) is 5.82 Å². The molecule has 1 amide bonds. The van der Waals surface area contributed by atoms with Crippen LogP contribution in [0.15, 0.2) is 30.6 Å². The van der Waals surface area contributed by atoms with Crippen molar-refractivity contribution >= 4 is 11.7 Å². The molecule has 2 aromatic rings. The summed E-state index contributed by atoms with van der Waals surface area (Å²) < 4.78 is 0. The molecule has 2 heterocycles. The number of amides is 1. The lowest BCUT2D eigenvalue weighted by Crippen LogP contribution is -2.21. The van der Waals surface area contributed by atoms with Gasteiger partial charge in [-0.1, -0.05) is 25.1 Å². The van der Waals surface area contributed by atoms with Gasteiger partial charge in [-0.3, -0.25) is 4.79 Å². The Balaban J connectivity index is 2.10. The number of nitrogens with zero attached hydrogens (tertiary/aromatic N) is 2. The number of carbonyl (C=O) groups is 1. The monoisotopic (exact) mass is 253 g/mol.